The first-order valence-corrected chi connectivity index (χ1v) is 5.48. The lowest BCUT2D eigenvalue weighted by Crippen LogP contribution is -2.26. The van der Waals surface area contributed by atoms with Gasteiger partial charge in [0.1, 0.15) is 11.5 Å². The molecule has 0 amide bonds. The first-order valence-electron chi connectivity index (χ1n) is 5.48. The van der Waals surface area contributed by atoms with E-state index in [1.54, 1.807) is 0 Å². The van der Waals surface area contributed by atoms with Gasteiger partial charge in [-0.25, -0.2) is 0 Å². The number of aryl methyl sites for hydroxylation is 1. The van der Waals surface area contributed by atoms with Crippen molar-refractivity contribution in [3.63, 3.8) is 0 Å². The third-order valence-electron chi connectivity index (χ3n) is 2.70. The Kier molecular flexibility index (Phi) is 4.21. The highest BCUT2D eigenvalue weighted by Crippen LogP contribution is 2.25. The highest BCUT2D eigenvalue weighted by Gasteiger charge is 2.19. The van der Waals surface area contributed by atoms with E-state index in [0.717, 1.165) is 24.5 Å². The molecule has 0 bridgehead atoms. The third-order valence-corrected chi connectivity index (χ3v) is 2.70. The maximum absolute atomic E-state index is 5.66. The summed E-state index contributed by atoms with van der Waals surface area (Å²) < 4.78 is 5.66. The molecule has 0 aliphatic carbocycles. The molecule has 1 heterocycles. The Morgan fingerprint density at radius 1 is 1.36 bits per heavy atom. The van der Waals surface area contributed by atoms with E-state index in [1.165, 1.54) is 0 Å². The van der Waals surface area contributed by atoms with E-state index >= 15 is 0 Å². The maximum Gasteiger partial charge on any atom is 0.121 e. The molecule has 2 heteroatoms. The molecule has 2 unspecified atom stereocenters. The number of hydrogen-bond acceptors (Lipinski definition) is 2. The van der Waals surface area contributed by atoms with Gasteiger partial charge in [0.2, 0.25) is 0 Å². The fourth-order valence-electron chi connectivity index (χ4n) is 1.66. The predicted octanol–water partition coefficient (Wildman–Crippen LogP) is 3.28. The van der Waals surface area contributed by atoms with E-state index < -0.39 is 0 Å². The van der Waals surface area contributed by atoms with Crippen LogP contribution in [0, 0.1) is 12.8 Å². The van der Waals surface area contributed by atoms with E-state index in [1.807, 2.05) is 13.0 Å². The molecular formula is C12H21NO. The zero-order valence-corrected chi connectivity index (χ0v) is 9.63. The molecule has 0 aliphatic rings. The Bertz CT molecular complexity index is 267. The Morgan fingerprint density at radius 3 is 2.50 bits per heavy atom. The molecule has 0 saturated carbocycles. The lowest BCUT2D eigenvalue weighted by Gasteiger charge is -2.21. The van der Waals surface area contributed by atoms with E-state index in [0.29, 0.717) is 12.0 Å². The van der Waals surface area contributed by atoms with Gasteiger partial charge in [-0.15, -0.1) is 0 Å². The van der Waals surface area contributed by atoms with E-state index in [2.05, 4.69) is 32.2 Å². The van der Waals surface area contributed by atoms with Crippen LogP contribution in [0.2, 0.25) is 0 Å². The molecule has 0 radical (unpaired) electrons. The van der Waals surface area contributed by atoms with Crippen LogP contribution in [0.3, 0.4) is 0 Å². The topological polar surface area (TPSA) is 25.2 Å². The standard InChI is InChI=1S/C12H21NO/c1-5-9(3)12(13-6-2)11-8-7-10(4)14-11/h7-9,12-13H,5-6H2,1-4H3. The summed E-state index contributed by atoms with van der Waals surface area (Å²) in [6.45, 7) is 9.57. The molecular weight excluding hydrogens is 174 g/mol. The highest BCUT2D eigenvalue weighted by molar-refractivity contribution is 5.10. The summed E-state index contributed by atoms with van der Waals surface area (Å²) in [6, 6.07) is 4.47. The number of furan rings is 1. The van der Waals surface area contributed by atoms with Gasteiger partial charge in [0.15, 0.2) is 0 Å². The molecule has 14 heavy (non-hydrogen) atoms. The van der Waals surface area contributed by atoms with Gasteiger partial charge in [-0.1, -0.05) is 27.2 Å². The molecule has 0 aliphatic heterocycles. The monoisotopic (exact) mass is 195 g/mol. The minimum absolute atomic E-state index is 0.360. The molecule has 1 aromatic heterocycles. The Hall–Kier alpha value is -0.760. The smallest absolute Gasteiger partial charge is 0.121 e. The van der Waals surface area contributed by atoms with Gasteiger partial charge in [-0.3, -0.25) is 0 Å². The van der Waals surface area contributed by atoms with E-state index in [9.17, 15) is 0 Å². The van der Waals surface area contributed by atoms with Crippen LogP contribution in [0.15, 0.2) is 16.5 Å². The molecule has 0 fully saturated rings. The van der Waals surface area contributed by atoms with Gasteiger partial charge in [0.05, 0.1) is 6.04 Å². The largest absolute Gasteiger partial charge is 0.465 e. The molecule has 80 valence electrons. The summed E-state index contributed by atoms with van der Waals surface area (Å²) in [7, 11) is 0. The van der Waals surface area contributed by atoms with Gasteiger partial charge in [0, 0.05) is 0 Å². The summed E-state index contributed by atoms with van der Waals surface area (Å²) in [5, 5.41) is 3.47. The summed E-state index contributed by atoms with van der Waals surface area (Å²) in [4.78, 5) is 0. The molecule has 1 aromatic rings. The van der Waals surface area contributed by atoms with Gasteiger partial charge in [-0.2, -0.15) is 0 Å². The predicted molar refractivity (Wildman–Crippen MR) is 59.3 cm³/mol. The van der Waals surface area contributed by atoms with Crippen LogP contribution in [0.4, 0.5) is 0 Å². The van der Waals surface area contributed by atoms with E-state index in [-0.39, 0.29) is 0 Å². The van der Waals surface area contributed by atoms with Crippen LogP contribution in [-0.2, 0) is 0 Å². The summed E-state index contributed by atoms with van der Waals surface area (Å²) >= 11 is 0. The van der Waals surface area contributed by atoms with Crippen molar-refractivity contribution in [2.45, 2.75) is 40.2 Å². The van der Waals surface area contributed by atoms with Crippen LogP contribution >= 0.6 is 0 Å². The summed E-state index contributed by atoms with van der Waals surface area (Å²) in [5.74, 6) is 2.67. The maximum atomic E-state index is 5.66. The lowest BCUT2D eigenvalue weighted by molar-refractivity contribution is 0.319. The van der Waals surface area contributed by atoms with Crippen molar-refractivity contribution in [3.05, 3.63) is 23.7 Å². The van der Waals surface area contributed by atoms with Crippen molar-refractivity contribution < 1.29 is 4.42 Å². The molecule has 0 aromatic carbocycles. The second-order valence-electron chi connectivity index (χ2n) is 3.87. The van der Waals surface area contributed by atoms with Gasteiger partial charge in [0.25, 0.3) is 0 Å². The average Bonchev–Trinajstić information content (AvgIpc) is 2.60. The summed E-state index contributed by atoms with van der Waals surface area (Å²) in [6.07, 6.45) is 1.16. The molecule has 2 atom stereocenters. The Balaban J connectivity index is 2.76. The zero-order valence-electron chi connectivity index (χ0n) is 9.63. The van der Waals surface area contributed by atoms with Crippen molar-refractivity contribution >= 4 is 0 Å². The normalized spacial score (nSPS) is 15.4. The van der Waals surface area contributed by atoms with Crippen molar-refractivity contribution in [1.29, 1.82) is 0 Å². The number of rotatable bonds is 5. The number of hydrogen-bond donors (Lipinski definition) is 1. The van der Waals surface area contributed by atoms with Crippen LogP contribution in [0.25, 0.3) is 0 Å². The Labute approximate surface area is 86.7 Å². The van der Waals surface area contributed by atoms with Crippen LogP contribution in [0.5, 0.6) is 0 Å². The summed E-state index contributed by atoms with van der Waals surface area (Å²) in [5.41, 5.74) is 0. The molecule has 1 N–H and O–H groups in total. The van der Waals surface area contributed by atoms with Crippen LogP contribution in [0.1, 0.15) is 44.8 Å². The van der Waals surface area contributed by atoms with Crippen LogP contribution < -0.4 is 5.32 Å². The van der Waals surface area contributed by atoms with Gasteiger partial charge >= 0.3 is 0 Å². The van der Waals surface area contributed by atoms with Gasteiger partial charge < -0.3 is 9.73 Å². The van der Waals surface area contributed by atoms with Crippen molar-refractivity contribution in [1.82, 2.24) is 5.32 Å². The van der Waals surface area contributed by atoms with Crippen molar-refractivity contribution in [2.75, 3.05) is 6.54 Å². The Morgan fingerprint density at radius 2 is 2.07 bits per heavy atom. The highest BCUT2D eigenvalue weighted by atomic mass is 16.3. The fourth-order valence-corrected chi connectivity index (χ4v) is 1.66. The lowest BCUT2D eigenvalue weighted by atomic mass is 9.97. The van der Waals surface area contributed by atoms with E-state index in [4.69, 9.17) is 4.42 Å². The van der Waals surface area contributed by atoms with Crippen LogP contribution in [-0.4, -0.2) is 6.54 Å². The first-order chi connectivity index (χ1) is 6.69. The van der Waals surface area contributed by atoms with Crippen molar-refractivity contribution in [2.24, 2.45) is 5.92 Å². The average molecular weight is 195 g/mol. The number of nitrogens with one attached hydrogen (secondary N) is 1. The minimum Gasteiger partial charge on any atom is -0.465 e. The SMILES string of the molecule is CCNC(c1ccc(C)o1)C(C)CC. The first kappa shape index (κ1) is 11.3. The molecule has 2 nitrogen and oxygen atoms in total. The second-order valence-corrected chi connectivity index (χ2v) is 3.87. The second kappa shape index (κ2) is 5.20. The third kappa shape index (κ3) is 2.61. The minimum atomic E-state index is 0.360. The fraction of sp³-hybridized carbons (Fsp3) is 0.667. The van der Waals surface area contributed by atoms with Crippen molar-refractivity contribution in [3.8, 4) is 0 Å². The zero-order chi connectivity index (χ0) is 10.6. The van der Waals surface area contributed by atoms with Gasteiger partial charge in [-0.05, 0) is 31.5 Å². The molecule has 1 rings (SSSR count). The molecule has 0 spiro atoms. The molecule has 0 saturated heterocycles. The quantitative estimate of drug-likeness (QED) is 0.780.